The van der Waals surface area contributed by atoms with E-state index in [0.29, 0.717) is 12.1 Å². The molecule has 3 amide bonds. The molecule has 7 nitrogen and oxygen atoms in total. The molecule has 31 heavy (non-hydrogen) atoms. The molecule has 1 heterocycles. The molecule has 1 saturated heterocycles. The van der Waals surface area contributed by atoms with Crippen LogP contribution in [0.25, 0.3) is 0 Å². The Hall–Kier alpha value is -3.19. The number of amides is 3. The van der Waals surface area contributed by atoms with Gasteiger partial charge in [-0.05, 0) is 55.7 Å². The summed E-state index contributed by atoms with van der Waals surface area (Å²) in [6, 6.07) is 15.0. The van der Waals surface area contributed by atoms with Crippen LogP contribution in [-0.2, 0) is 14.4 Å². The second-order valence-corrected chi connectivity index (χ2v) is 7.96. The zero-order valence-corrected chi connectivity index (χ0v) is 18.2. The van der Waals surface area contributed by atoms with Crippen molar-refractivity contribution in [3.63, 3.8) is 0 Å². The molecule has 0 radical (unpaired) electrons. The Bertz CT molecular complexity index is 927. The van der Waals surface area contributed by atoms with E-state index in [9.17, 15) is 14.4 Å². The highest BCUT2D eigenvalue weighted by molar-refractivity contribution is 5.96. The van der Waals surface area contributed by atoms with Crippen LogP contribution < -0.4 is 20.4 Å². The number of carbonyl (C=O) groups excluding carboxylic acids is 3. The molecule has 1 aliphatic heterocycles. The lowest BCUT2D eigenvalue weighted by Gasteiger charge is -2.19. The average Bonchev–Trinajstić information content (AvgIpc) is 3.16. The molecule has 7 heteroatoms. The van der Waals surface area contributed by atoms with E-state index in [2.05, 4.69) is 10.6 Å². The third kappa shape index (κ3) is 6.39. The van der Waals surface area contributed by atoms with Gasteiger partial charge in [0.25, 0.3) is 11.8 Å². The molecule has 1 atom stereocenters. The largest absolute Gasteiger partial charge is 0.321 e. The molecule has 2 aromatic rings. The van der Waals surface area contributed by atoms with Crippen molar-refractivity contribution in [1.82, 2.24) is 0 Å². The Labute approximate surface area is 183 Å². The van der Waals surface area contributed by atoms with Gasteiger partial charge in [0.1, 0.15) is 0 Å². The maximum atomic E-state index is 12.6. The number of hydrogen-bond acceptors (Lipinski definition) is 3. The van der Waals surface area contributed by atoms with Crippen LogP contribution >= 0.6 is 0 Å². The summed E-state index contributed by atoms with van der Waals surface area (Å²) in [5.74, 6) is -0.109. The topological polar surface area (TPSA) is 83.0 Å². The molecule has 0 aliphatic carbocycles. The monoisotopic (exact) mass is 423 g/mol. The SMILES string of the molecule is CCC[NH+](CC(=O)Nc1ccc(N2CCCC2=O)cc1)CC(=O)Nc1ccccc1C. The van der Waals surface area contributed by atoms with Gasteiger partial charge in [0, 0.05) is 30.0 Å². The van der Waals surface area contributed by atoms with Crippen molar-refractivity contribution in [1.29, 1.82) is 0 Å². The molecule has 164 valence electrons. The van der Waals surface area contributed by atoms with E-state index in [1.165, 1.54) is 0 Å². The predicted octanol–water partition coefficient (Wildman–Crippen LogP) is 1.99. The number of quaternary nitrogens is 1. The van der Waals surface area contributed by atoms with Crippen molar-refractivity contribution in [2.24, 2.45) is 0 Å². The summed E-state index contributed by atoms with van der Waals surface area (Å²) in [5, 5.41) is 5.83. The molecule has 3 N–H and O–H groups in total. The van der Waals surface area contributed by atoms with E-state index in [1.54, 1.807) is 4.90 Å². The lowest BCUT2D eigenvalue weighted by Crippen LogP contribution is -3.14. The Balaban J connectivity index is 1.53. The smallest absolute Gasteiger partial charge is 0.279 e. The van der Waals surface area contributed by atoms with Gasteiger partial charge in [0.15, 0.2) is 13.1 Å². The Morgan fingerprint density at radius 2 is 1.68 bits per heavy atom. The maximum absolute atomic E-state index is 12.6. The lowest BCUT2D eigenvalue weighted by molar-refractivity contribution is -0.883. The Morgan fingerprint density at radius 1 is 1.00 bits per heavy atom. The van der Waals surface area contributed by atoms with Crippen molar-refractivity contribution in [3.8, 4) is 0 Å². The first-order chi connectivity index (χ1) is 15.0. The van der Waals surface area contributed by atoms with Crippen LogP contribution in [0.5, 0.6) is 0 Å². The van der Waals surface area contributed by atoms with Crippen molar-refractivity contribution < 1.29 is 19.3 Å². The van der Waals surface area contributed by atoms with E-state index < -0.39 is 0 Å². The molecular formula is C24H31N4O3+. The van der Waals surface area contributed by atoms with Crippen LogP contribution in [0.1, 0.15) is 31.7 Å². The molecule has 1 fully saturated rings. The number of nitrogens with zero attached hydrogens (tertiary/aromatic N) is 1. The fourth-order valence-electron chi connectivity index (χ4n) is 3.81. The first kappa shape index (κ1) is 22.5. The van der Waals surface area contributed by atoms with Gasteiger partial charge in [0.05, 0.1) is 6.54 Å². The summed E-state index contributed by atoms with van der Waals surface area (Å²) in [7, 11) is 0. The standard InChI is InChI=1S/C24H30N4O3/c1-3-14-27(17-23(30)26-21-8-5-4-7-18(21)2)16-22(29)25-19-10-12-20(13-11-19)28-15-6-9-24(28)31/h4-5,7-8,10-13H,3,6,9,14-17H2,1-2H3,(H,25,29)(H,26,30)/p+1. The summed E-state index contributed by atoms with van der Waals surface area (Å²) < 4.78 is 0. The van der Waals surface area contributed by atoms with Gasteiger partial charge in [0.2, 0.25) is 5.91 Å². The van der Waals surface area contributed by atoms with Crippen molar-refractivity contribution in [3.05, 3.63) is 54.1 Å². The van der Waals surface area contributed by atoms with Crippen molar-refractivity contribution in [2.45, 2.75) is 33.1 Å². The van der Waals surface area contributed by atoms with Crippen molar-refractivity contribution >= 4 is 34.8 Å². The number of benzene rings is 2. The van der Waals surface area contributed by atoms with Gasteiger partial charge < -0.3 is 20.4 Å². The minimum absolute atomic E-state index is 0.106. The quantitative estimate of drug-likeness (QED) is 0.577. The summed E-state index contributed by atoms with van der Waals surface area (Å²) in [6.07, 6.45) is 2.34. The molecule has 1 aliphatic rings. The van der Waals surface area contributed by atoms with E-state index in [-0.39, 0.29) is 30.8 Å². The van der Waals surface area contributed by atoms with Crippen LogP contribution in [0, 0.1) is 6.92 Å². The highest BCUT2D eigenvalue weighted by atomic mass is 16.2. The number of aryl methyl sites for hydroxylation is 1. The zero-order chi connectivity index (χ0) is 22.2. The molecule has 1 unspecified atom stereocenters. The number of nitrogens with one attached hydrogen (secondary N) is 3. The van der Waals surface area contributed by atoms with Gasteiger partial charge in [-0.15, -0.1) is 0 Å². The number of anilines is 3. The fourth-order valence-corrected chi connectivity index (χ4v) is 3.81. The second kappa shape index (κ2) is 10.7. The highest BCUT2D eigenvalue weighted by Gasteiger charge is 2.22. The number of rotatable bonds is 9. The summed E-state index contributed by atoms with van der Waals surface area (Å²) in [6.45, 7) is 5.89. The highest BCUT2D eigenvalue weighted by Crippen LogP contribution is 2.22. The second-order valence-electron chi connectivity index (χ2n) is 7.96. The van der Waals surface area contributed by atoms with E-state index in [1.807, 2.05) is 62.4 Å². The first-order valence-electron chi connectivity index (χ1n) is 10.9. The Kier molecular flexibility index (Phi) is 7.78. The molecule has 0 aromatic heterocycles. The molecule has 0 bridgehead atoms. The summed E-state index contributed by atoms with van der Waals surface area (Å²) in [5.41, 5.74) is 3.33. The van der Waals surface area contributed by atoms with Gasteiger partial charge in [-0.1, -0.05) is 25.1 Å². The molecular weight excluding hydrogens is 392 g/mol. The van der Waals surface area contributed by atoms with E-state index in [0.717, 1.165) is 47.8 Å². The van der Waals surface area contributed by atoms with Gasteiger partial charge in [-0.2, -0.15) is 0 Å². The molecule has 3 rings (SSSR count). The number of carbonyl (C=O) groups is 3. The van der Waals surface area contributed by atoms with Crippen LogP contribution in [0.2, 0.25) is 0 Å². The minimum atomic E-state index is -0.142. The Morgan fingerprint density at radius 3 is 2.29 bits per heavy atom. The number of hydrogen-bond donors (Lipinski definition) is 3. The van der Waals surface area contributed by atoms with E-state index >= 15 is 0 Å². The minimum Gasteiger partial charge on any atom is -0.321 e. The zero-order valence-electron chi connectivity index (χ0n) is 18.2. The molecule has 0 saturated carbocycles. The summed E-state index contributed by atoms with van der Waals surface area (Å²) in [4.78, 5) is 39.6. The van der Waals surface area contributed by atoms with Crippen LogP contribution in [0.15, 0.2) is 48.5 Å². The number of para-hydroxylation sites is 1. The summed E-state index contributed by atoms with van der Waals surface area (Å²) >= 11 is 0. The van der Waals surface area contributed by atoms with E-state index in [4.69, 9.17) is 0 Å². The first-order valence-corrected chi connectivity index (χ1v) is 10.9. The van der Waals surface area contributed by atoms with Crippen molar-refractivity contribution in [2.75, 3.05) is 41.7 Å². The van der Waals surface area contributed by atoms with Gasteiger partial charge >= 0.3 is 0 Å². The lowest BCUT2D eigenvalue weighted by atomic mass is 10.2. The van der Waals surface area contributed by atoms with Crippen LogP contribution in [0.3, 0.4) is 0 Å². The fraction of sp³-hybridized carbons (Fsp3) is 0.375. The average molecular weight is 424 g/mol. The van der Waals surface area contributed by atoms with Gasteiger partial charge in [-0.3, -0.25) is 14.4 Å². The molecule has 2 aromatic carbocycles. The molecule has 0 spiro atoms. The van der Waals surface area contributed by atoms with Crippen LogP contribution in [0.4, 0.5) is 17.1 Å². The third-order valence-corrected chi connectivity index (χ3v) is 5.38. The third-order valence-electron chi connectivity index (χ3n) is 5.38. The normalized spacial score (nSPS) is 14.4. The maximum Gasteiger partial charge on any atom is 0.279 e. The predicted molar refractivity (Wildman–Crippen MR) is 122 cm³/mol. The van der Waals surface area contributed by atoms with Crippen LogP contribution in [-0.4, -0.2) is 43.9 Å². The van der Waals surface area contributed by atoms with Gasteiger partial charge in [-0.25, -0.2) is 0 Å².